The lowest BCUT2D eigenvalue weighted by molar-refractivity contribution is -0.137. The summed E-state index contributed by atoms with van der Waals surface area (Å²) in [5.41, 5.74) is 9.62. The minimum Gasteiger partial charge on any atom is -0.508 e. The van der Waals surface area contributed by atoms with Crippen molar-refractivity contribution in [1.29, 1.82) is 0 Å². The van der Waals surface area contributed by atoms with E-state index in [1.165, 1.54) is 18.2 Å². The molecule has 0 unspecified atom stereocenters. The molecule has 0 spiro atoms. The molecule has 17 heavy (non-hydrogen) atoms. The molecule has 0 aliphatic heterocycles. The highest BCUT2D eigenvalue weighted by Gasteiger charge is 2.26. The van der Waals surface area contributed by atoms with Crippen molar-refractivity contribution >= 4 is 17.8 Å². The van der Waals surface area contributed by atoms with Crippen molar-refractivity contribution in [1.82, 2.24) is 0 Å². The van der Waals surface area contributed by atoms with Gasteiger partial charge in [0, 0.05) is 0 Å². The van der Waals surface area contributed by atoms with Crippen LogP contribution < -0.4 is 11.5 Å². The third-order valence-corrected chi connectivity index (χ3v) is 1.82. The fraction of sp³-hybridized carbons (Fsp3) is 0.100. The molecule has 0 saturated heterocycles. The third kappa shape index (κ3) is 3.20. The van der Waals surface area contributed by atoms with Gasteiger partial charge < -0.3 is 21.3 Å². The first-order valence-corrected chi connectivity index (χ1v) is 4.50. The number of amides is 2. The first kappa shape index (κ1) is 12.5. The Morgan fingerprint density at radius 3 is 2.24 bits per heavy atom. The van der Waals surface area contributed by atoms with E-state index in [9.17, 15) is 14.4 Å². The molecule has 0 aliphatic carbocycles. The highest BCUT2D eigenvalue weighted by atomic mass is 16.6. The molecular weight excluding hydrogens is 228 g/mol. The number of rotatable bonds is 4. The van der Waals surface area contributed by atoms with Gasteiger partial charge in [-0.3, -0.25) is 9.59 Å². The van der Waals surface area contributed by atoms with E-state index in [0.29, 0.717) is 0 Å². The van der Waals surface area contributed by atoms with Crippen LogP contribution in [0.15, 0.2) is 24.3 Å². The Hall–Kier alpha value is -2.57. The van der Waals surface area contributed by atoms with E-state index >= 15 is 0 Å². The van der Waals surface area contributed by atoms with E-state index in [2.05, 4.69) is 4.74 Å². The molecule has 7 nitrogen and oxygen atoms in total. The molecule has 2 amide bonds. The number of carbonyl (C=O) groups is 3. The van der Waals surface area contributed by atoms with Crippen LogP contribution in [0.1, 0.15) is 10.4 Å². The van der Waals surface area contributed by atoms with Gasteiger partial charge >= 0.3 is 5.97 Å². The molecule has 0 atom stereocenters. The molecule has 1 aromatic carbocycles. The van der Waals surface area contributed by atoms with Crippen LogP contribution in [0, 0.1) is 0 Å². The minimum absolute atomic E-state index is 0.0301. The Kier molecular flexibility index (Phi) is 3.66. The van der Waals surface area contributed by atoms with Gasteiger partial charge in [-0.1, -0.05) is 6.07 Å². The van der Waals surface area contributed by atoms with Gasteiger partial charge in [-0.25, -0.2) is 4.79 Å². The Morgan fingerprint density at radius 2 is 1.76 bits per heavy atom. The number of ether oxygens (including phenoxy) is 1. The summed E-state index contributed by atoms with van der Waals surface area (Å²) in [4.78, 5) is 33.0. The van der Waals surface area contributed by atoms with Gasteiger partial charge in [0.25, 0.3) is 17.9 Å². The predicted molar refractivity (Wildman–Crippen MR) is 55.7 cm³/mol. The number of hydrogen-bond acceptors (Lipinski definition) is 5. The molecule has 0 fully saturated rings. The fourth-order valence-electron chi connectivity index (χ4n) is 1.06. The normalized spacial score (nSPS) is 9.94. The Morgan fingerprint density at radius 1 is 1.18 bits per heavy atom. The van der Waals surface area contributed by atoms with Gasteiger partial charge in [0.05, 0.1) is 5.56 Å². The van der Waals surface area contributed by atoms with E-state index in [0.717, 1.165) is 6.07 Å². The summed E-state index contributed by atoms with van der Waals surface area (Å²) >= 11 is 0. The van der Waals surface area contributed by atoms with Crippen LogP contribution in [-0.2, 0) is 14.3 Å². The molecule has 1 aromatic rings. The summed E-state index contributed by atoms with van der Waals surface area (Å²) < 4.78 is 4.52. The lowest BCUT2D eigenvalue weighted by atomic mass is 10.2. The second kappa shape index (κ2) is 4.97. The number of esters is 1. The monoisotopic (exact) mass is 238 g/mol. The van der Waals surface area contributed by atoms with Gasteiger partial charge in [0.15, 0.2) is 0 Å². The zero-order valence-corrected chi connectivity index (χ0v) is 8.62. The summed E-state index contributed by atoms with van der Waals surface area (Å²) in [7, 11) is 0. The van der Waals surface area contributed by atoms with Crippen molar-refractivity contribution in [3.63, 3.8) is 0 Å². The van der Waals surface area contributed by atoms with Crippen LogP contribution in [0.25, 0.3) is 0 Å². The van der Waals surface area contributed by atoms with E-state index in [1.54, 1.807) is 0 Å². The van der Waals surface area contributed by atoms with Crippen LogP contribution in [0.3, 0.4) is 0 Å². The van der Waals surface area contributed by atoms with Crippen LogP contribution in [0.2, 0.25) is 0 Å². The Bertz CT molecular complexity index is 458. The highest BCUT2D eigenvalue weighted by molar-refractivity contribution is 6.04. The number of primary amides is 2. The van der Waals surface area contributed by atoms with Gasteiger partial charge in [0.2, 0.25) is 0 Å². The quantitative estimate of drug-likeness (QED) is 0.451. The number of aromatic hydroxyl groups is 1. The van der Waals surface area contributed by atoms with Crippen LogP contribution >= 0.6 is 0 Å². The molecule has 0 saturated carbocycles. The molecule has 0 aliphatic rings. The van der Waals surface area contributed by atoms with E-state index in [1.807, 2.05) is 0 Å². The third-order valence-electron chi connectivity index (χ3n) is 1.82. The second-order valence-corrected chi connectivity index (χ2v) is 3.14. The van der Waals surface area contributed by atoms with Crippen LogP contribution in [0.5, 0.6) is 5.75 Å². The molecule has 0 bridgehead atoms. The summed E-state index contributed by atoms with van der Waals surface area (Å²) in [5.74, 6) is -3.46. The largest absolute Gasteiger partial charge is 0.508 e. The van der Waals surface area contributed by atoms with Crippen molar-refractivity contribution in [2.24, 2.45) is 11.5 Å². The van der Waals surface area contributed by atoms with Crippen molar-refractivity contribution in [2.45, 2.75) is 6.10 Å². The number of hydrogen-bond donors (Lipinski definition) is 3. The standard InChI is InChI=1S/C10H10N2O5/c11-8(14)7(9(12)15)17-10(16)5-2-1-3-6(13)4-5/h1-4,7,13H,(H2,11,14)(H2,12,15). The molecule has 7 heteroatoms. The topological polar surface area (TPSA) is 133 Å². The molecule has 5 N–H and O–H groups in total. The first-order valence-electron chi connectivity index (χ1n) is 4.50. The maximum Gasteiger partial charge on any atom is 0.339 e. The molecule has 0 aromatic heterocycles. The molecule has 90 valence electrons. The number of carbonyl (C=O) groups excluding carboxylic acids is 3. The zero-order chi connectivity index (χ0) is 13.0. The SMILES string of the molecule is NC(=O)C(OC(=O)c1cccc(O)c1)C(N)=O. The van der Waals surface area contributed by atoms with E-state index < -0.39 is 23.9 Å². The lowest BCUT2D eigenvalue weighted by Crippen LogP contribution is -2.43. The van der Waals surface area contributed by atoms with E-state index in [-0.39, 0.29) is 11.3 Å². The van der Waals surface area contributed by atoms with Gasteiger partial charge in [-0.05, 0) is 18.2 Å². The zero-order valence-electron chi connectivity index (χ0n) is 8.62. The Labute approximate surface area is 96.0 Å². The van der Waals surface area contributed by atoms with Crippen LogP contribution in [0.4, 0.5) is 0 Å². The van der Waals surface area contributed by atoms with Crippen molar-refractivity contribution in [3.8, 4) is 5.75 Å². The predicted octanol–water partition coefficient (Wildman–Crippen LogP) is -1.11. The second-order valence-electron chi connectivity index (χ2n) is 3.14. The summed E-state index contributed by atoms with van der Waals surface area (Å²) in [6.45, 7) is 0. The highest BCUT2D eigenvalue weighted by Crippen LogP contribution is 2.12. The molecular formula is C10H10N2O5. The van der Waals surface area contributed by atoms with Gasteiger partial charge in [-0.15, -0.1) is 0 Å². The maximum atomic E-state index is 11.5. The summed E-state index contributed by atoms with van der Waals surface area (Å²) in [6.07, 6.45) is -1.83. The number of phenolic OH excluding ortho intramolecular Hbond substituents is 1. The van der Waals surface area contributed by atoms with Gasteiger partial charge in [-0.2, -0.15) is 0 Å². The average Bonchev–Trinajstić information content (AvgIpc) is 2.24. The number of phenols is 1. The lowest BCUT2D eigenvalue weighted by Gasteiger charge is -2.10. The summed E-state index contributed by atoms with van der Waals surface area (Å²) in [6, 6.07) is 5.19. The van der Waals surface area contributed by atoms with Gasteiger partial charge in [0.1, 0.15) is 5.75 Å². The van der Waals surface area contributed by atoms with E-state index in [4.69, 9.17) is 16.6 Å². The molecule has 0 heterocycles. The number of benzene rings is 1. The van der Waals surface area contributed by atoms with Crippen molar-refractivity contribution in [3.05, 3.63) is 29.8 Å². The molecule has 1 rings (SSSR count). The smallest absolute Gasteiger partial charge is 0.339 e. The van der Waals surface area contributed by atoms with Crippen LogP contribution in [-0.4, -0.2) is 29.0 Å². The maximum absolute atomic E-state index is 11.5. The number of nitrogens with two attached hydrogens (primary N) is 2. The van der Waals surface area contributed by atoms with Crippen molar-refractivity contribution < 1.29 is 24.2 Å². The minimum atomic E-state index is -1.83. The first-order chi connectivity index (χ1) is 7.91. The molecule has 0 radical (unpaired) electrons. The van der Waals surface area contributed by atoms with Crippen molar-refractivity contribution in [2.75, 3.05) is 0 Å². The Balaban J connectivity index is 2.85. The summed E-state index contributed by atoms with van der Waals surface area (Å²) in [5, 5.41) is 9.12. The fourth-order valence-corrected chi connectivity index (χ4v) is 1.06. The average molecular weight is 238 g/mol.